The molecule has 1 heterocycles. The van der Waals surface area contributed by atoms with E-state index < -0.39 is 35.7 Å². The van der Waals surface area contributed by atoms with Crippen molar-refractivity contribution >= 4 is 52.2 Å². The summed E-state index contributed by atoms with van der Waals surface area (Å²) in [5, 5.41) is 6.38. The molecule has 1 aliphatic rings. The summed E-state index contributed by atoms with van der Waals surface area (Å²) in [4.78, 5) is 38.4. The van der Waals surface area contributed by atoms with Gasteiger partial charge in [0.15, 0.2) is 5.78 Å². The van der Waals surface area contributed by atoms with Crippen LogP contribution >= 0.6 is 23.2 Å². The maximum atomic E-state index is 15.0. The molecule has 1 fully saturated rings. The van der Waals surface area contributed by atoms with E-state index >= 15 is 0 Å². The minimum atomic E-state index is -0.858. The van der Waals surface area contributed by atoms with Gasteiger partial charge in [0, 0.05) is 40.3 Å². The Morgan fingerprint density at radius 1 is 1.11 bits per heavy atom. The van der Waals surface area contributed by atoms with E-state index in [1.165, 1.54) is 31.4 Å². The van der Waals surface area contributed by atoms with Crippen molar-refractivity contribution in [1.82, 2.24) is 5.32 Å². The number of esters is 1. The first-order chi connectivity index (χ1) is 17.7. The summed E-state index contributed by atoms with van der Waals surface area (Å²) < 4.78 is 19.7. The summed E-state index contributed by atoms with van der Waals surface area (Å²) in [5.41, 5.74) is 7.33. The Morgan fingerprint density at radius 2 is 1.86 bits per heavy atom. The third-order valence-electron chi connectivity index (χ3n) is 6.32. The van der Waals surface area contributed by atoms with Gasteiger partial charge in [-0.3, -0.25) is 9.59 Å². The first kappa shape index (κ1) is 26.6. The highest BCUT2D eigenvalue weighted by atomic mass is 35.5. The number of nitrogens with one attached hydrogen (secondary N) is 2. The Labute approximate surface area is 223 Å². The number of hydrogen-bond acceptors (Lipinski definition) is 6. The first-order valence-corrected chi connectivity index (χ1v) is 12.2. The van der Waals surface area contributed by atoms with Crippen LogP contribution in [0.3, 0.4) is 0 Å². The monoisotopic (exact) mass is 543 g/mol. The Bertz CT molecular complexity index is 1370. The van der Waals surface area contributed by atoms with Crippen molar-refractivity contribution < 1.29 is 23.5 Å². The van der Waals surface area contributed by atoms with Crippen LogP contribution in [0.15, 0.2) is 60.7 Å². The number of Topliss-reactive ketones (excluding diaryl/α,β-unsaturated/α-hetero) is 1. The molecular formula is C27H24Cl2FN3O4. The molecule has 0 bridgehead atoms. The number of ketones is 1. The fourth-order valence-electron chi connectivity index (χ4n) is 4.56. The average molecular weight is 544 g/mol. The Hall–Kier alpha value is -3.46. The molecule has 0 aliphatic carbocycles. The minimum absolute atomic E-state index is 0.0333. The number of amides is 1. The number of nitrogens with two attached hydrogens (primary N) is 1. The summed E-state index contributed by atoms with van der Waals surface area (Å²) in [6.45, 7) is 0. The van der Waals surface area contributed by atoms with Crippen LogP contribution in [0.1, 0.15) is 45.0 Å². The van der Waals surface area contributed by atoms with Gasteiger partial charge in [0.1, 0.15) is 5.82 Å². The molecule has 0 radical (unpaired) electrons. The molecule has 4 rings (SSSR count). The fourth-order valence-corrected chi connectivity index (χ4v) is 4.93. The van der Waals surface area contributed by atoms with Crippen LogP contribution in [0.2, 0.25) is 10.0 Å². The number of benzene rings is 3. The van der Waals surface area contributed by atoms with Gasteiger partial charge in [0.25, 0.3) is 0 Å². The van der Waals surface area contributed by atoms with Crippen LogP contribution in [0, 0.1) is 5.82 Å². The zero-order valence-electron chi connectivity index (χ0n) is 19.8. The van der Waals surface area contributed by atoms with Crippen molar-refractivity contribution in [2.45, 2.75) is 30.8 Å². The second kappa shape index (κ2) is 11.3. The lowest BCUT2D eigenvalue weighted by Gasteiger charge is -2.20. The number of rotatable bonds is 7. The fraction of sp³-hybridized carbons (Fsp3) is 0.222. The molecule has 192 valence electrons. The van der Waals surface area contributed by atoms with Gasteiger partial charge in [-0.1, -0.05) is 41.4 Å². The molecule has 4 N–H and O–H groups in total. The van der Waals surface area contributed by atoms with E-state index in [1.807, 2.05) is 0 Å². The minimum Gasteiger partial charge on any atom is -0.465 e. The molecule has 0 saturated carbocycles. The predicted octanol–water partition coefficient (Wildman–Crippen LogP) is 5.23. The second-order valence-corrected chi connectivity index (χ2v) is 9.59. The summed E-state index contributed by atoms with van der Waals surface area (Å²) in [7, 11) is 1.24. The van der Waals surface area contributed by atoms with Gasteiger partial charge in [0.2, 0.25) is 5.91 Å². The number of carbonyl (C=O) groups excluding carboxylic acids is 3. The third-order valence-corrected chi connectivity index (χ3v) is 6.85. The molecule has 3 atom stereocenters. The zero-order valence-corrected chi connectivity index (χ0v) is 21.3. The van der Waals surface area contributed by atoms with E-state index in [-0.39, 0.29) is 46.0 Å². The van der Waals surface area contributed by atoms with Gasteiger partial charge >= 0.3 is 5.97 Å². The molecule has 1 saturated heterocycles. The Balaban J connectivity index is 1.59. The summed E-state index contributed by atoms with van der Waals surface area (Å²) >= 11 is 12.1. The number of carbonyl (C=O) groups is 3. The molecule has 7 nitrogen and oxygen atoms in total. The number of halogens is 3. The third kappa shape index (κ3) is 5.93. The van der Waals surface area contributed by atoms with Crippen molar-refractivity contribution in [3.05, 3.63) is 93.2 Å². The van der Waals surface area contributed by atoms with Gasteiger partial charge in [0.05, 0.1) is 23.7 Å². The molecule has 2 unspecified atom stereocenters. The van der Waals surface area contributed by atoms with E-state index in [4.69, 9.17) is 33.7 Å². The molecule has 3 aromatic carbocycles. The maximum Gasteiger partial charge on any atom is 0.337 e. The van der Waals surface area contributed by atoms with Crippen LogP contribution in [0.4, 0.5) is 15.8 Å². The van der Waals surface area contributed by atoms with Gasteiger partial charge < -0.3 is 21.1 Å². The highest BCUT2D eigenvalue weighted by Gasteiger charge is 2.41. The smallest absolute Gasteiger partial charge is 0.337 e. The molecule has 1 amide bonds. The Morgan fingerprint density at radius 3 is 2.59 bits per heavy atom. The van der Waals surface area contributed by atoms with E-state index in [0.29, 0.717) is 10.7 Å². The van der Waals surface area contributed by atoms with Crippen molar-refractivity contribution in [1.29, 1.82) is 0 Å². The van der Waals surface area contributed by atoms with E-state index in [2.05, 4.69) is 10.6 Å². The van der Waals surface area contributed by atoms with Gasteiger partial charge in [-0.15, -0.1) is 0 Å². The number of anilines is 2. The quantitative estimate of drug-likeness (QED) is 0.214. The topological polar surface area (TPSA) is 111 Å². The van der Waals surface area contributed by atoms with Crippen LogP contribution in [-0.4, -0.2) is 36.9 Å². The van der Waals surface area contributed by atoms with Gasteiger partial charge in [-0.05, 0) is 54.4 Å². The van der Waals surface area contributed by atoms with Crippen molar-refractivity contribution in [3.8, 4) is 0 Å². The maximum absolute atomic E-state index is 15.0. The van der Waals surface area contributed by atoms with Crippen molar-refractivity contribution in [2.75, 3.05) is 18.2 Å². The zero-order chi connectivity index (χ0) is 26.7. The number of hydrogen-bond donors (Lipinski definition) is 3. The van der Waals surface area contributed by atoms with Crippen LogP contribution < -0.4 is 16.4 Å². The van der Waals surface area contributed by atoms with E-state index in [1.54, 1.807) is 36.4 Å². The van der Waals surface area contributed by atoms with Crippen molar-refractivity contribution in [3.63, 3.8) is 0 Å². The van der Waals surface area contributed by atoms with Crippen LogP contribution in [0.25, 0.3) is 0 Å². The lowest BCUT2D eigenvalue weighted by atomic mass is 9.88. The van der Waals surface area contributed by atoms with Crippen molar-refractivity contribution in [2.24, 2.45) is 0 Å². The number of ether oxygens (including phenoxy) is 1. The van der Waals surface area contributed by atoms with Gasteiger partial charge in [-0.25, -0.2) is 9.18 Å². The molecular weight excluding hydrogens is 520 g/mol. The molecule has 1 aliphatic heterocycles. The first-order valence-electron chi connectivity index (χ1n) is 11.5. The Kier molecular flexibility index (Phi) is 8.12. The average Bonchev–Trinajstić information content (AvgIpc) is 3.29. The summed E-state index contributed by atoms with van der Waals surface area (Å²) in [6, 6.07) is 14.3. The standard InChI is InChI=1S/C27H24Cl2FN3O4/c1-37-27(36)14-8-9-22(31)20(10-14)23(34)13-17-12-19(18-6-3-7-21(29)24(18)30)25(32-17)26(35)33-16-5-2-4-15(28)11-16/h2-11,17,19,25,32H,12-13,31H2,1H3,(H,33,35)/t17-,19?,25?/m1/s1. The molecule has 37 heavy (non-hydrogen) atoms. The van der Waals surface area contributed by atoms with Crippen LogP contribution in [-0.2, 0) is 9.53 Å². The molecule has 10 heteroatoms. The second-order valence-electron chi connectivity index (χ2n) is 8.75. The molecule has 0 spiro atoms. The molecule has 3 aromatic rings. The highest BCUT2D eigenvalue weighted by Crippen LogP contribution is 2.36. The lowest BCUT2D eigenvalue weighted by molar-refractivity contribution is -0.118. The van der Waals surface area contributed by atoms with E-state index in [0.717, 1.165) is 0 Å². The number of nitrogen functional groups attached to an aromatic ring is 1. The lowest BCUT2D eigenvalue weighted by Crippen LogP contribution is -2.42. The largest absolute Gasteiger partial charge is 0.465 e. The highest BCUT2D eigenvalue weighted by molar-refractivity contribution is 6.31. The summed E-state index contributed by atoms with van der Waals surface area (Å²) in [6.07, 6.45) is 0.252. The summed E-state index contributed by atoms with van der Waals surface area (Å²) in [5.74, 6) is -2.55. The normalized spacial score (nSPS) is 18.9. The SMILES string of the molecule is COC(=O)c1ccc(N)c(C(=O)C[C@H]2CC(c3cccc(Cl)c3F)C(C(=O)Nc3cccc(Cl)c3)N2)c1. The predicted molar refractivity (Wildman–Crippen MR) is 141 cm³/mol. The number of methoxy groups -OCH3 is 1. The van der Waals surface area contributed by atoms with E-state index in [9.17, 15) is 18.8 Å². The molecule has 0 aromatic heterocycles. The van der Waals surface area contributed by atoms with Gasteiger partial charge in [-0.2, -0.15) is 0 Å². The van der Waals surface area contributed by atoms with Crippen LogP contribution in [0.5, 0.6) is 0 Å².